The first-order chi connectivity index (χ1) is 7.61. The molecular weight excluding hydrogens is 222 g/mol. The first-order valence-corrected chi connectivity index (χ1v) is 6.80. The van der Waals surface area contributed by atoms with Gasteiger partial charge in [-0.15, -0.1) is 0 Å². The second-order valence-corrected chi connectivity index (χ2v) is 5.01. The van der Waals surface area contributed by atoms with Crippen LogP contribution in [0.2, 0.25) is 0 Å². The molecule has 0 spiro atoms. The molecule has 1 aromatic rings. The lowest BCUT2D eigenvalue weighted by atomic mass is 10.2. The average molecular weight is 241 g/mol. The number of rotatable bonds is 6. The van der Waals surface area contributed by atoms with E-state index < -0.39 is 0 Å². The molecule has 2 N–H and O–H groups in total. The van der Waals surface area contributed by atoms with E-state index in [9.17, 15) is 4.79 Å². The topological polar surface area (TPSA) is 57.8 Å². The summed E-state index contributed by atoms with van der Waals surface area (Å²) in [5, 5.41) is 3.28. The maximum Gasteiger partial charge on any atom is 0.251 e. The third-order valence-electron chi connectivity index (χ3n) is 1.98. The fourth-order valence-corrected chi connectivity index (χ4v) is 1.76. The maximum absolute atomic E-state index is 11.4. The zero-order valence-corrected chi connectivity index (χ0v) is 10.9. The fourth-order valence-electron chi connectivity index (χ4n) is 1.35. The van der Waals surface area contributed by atoms with Crippen molar-refractivity contribution in [2.45, 2.75) is 26.1 Å². The SMILES string of the molecule is CSCc1nc(CNCC(C)C)cc(=O)[nH]1. The lowest BCUT2D eigenvalue weighted by Gasteiger charge is -2.07. The summed E-state index contributed by atoms with van der Waals surface area (Å²) in [6, 6.07) is 1.55. The highest BCUT2D eigenvalue weighted by molar-refractivity contribution is 7.97. The van der Waals surface area contributed by atoms with E-state index in [1.165, 1.54) is 0 Å². The van der Waals surface area contributed by atoms with Crippen LogP contribution in [0, 0.1) is 5.92 Å². The summed E-state index contributed by atoms with van der Waals surface area (Å²) in [5.41, 5.74) is 0.744. The molecule has 0 aliphatic rings. The van der Waals surface area contributed by atoms with Gasteiger partial charge >= 0.3 is 0 Å². The van der Waals surface area contributed by atoms with E-state index in [0.717, 1.165) is 23.8 Å². The van der Waals surface area contributed by atoms with Crippen LogP contribution in [0.1, 0.15) is 25.4 Å². The van der Waals surface area contributed by atoms with Crippen molar-refractivity contribution in [1.82, 2.24) is 15.3 Å². The van der Waals surface area contributed by atoms with E-state index >= 15 is 0 Å². The molecule has 0 amide bonds. The Bertz CT molecular complexity index is 376. The summed E-state index contributed by atoms with van der Waals surface area (Å²) in [4.78, 5) is 18.5. The highest BCUT2D eigenvalue weighted by Gasteiger charge is 2.01. The van der Waals surface area contributed by atoms with Crippen molar-refractivity contribution in [2.75, 3.05) is 12.8 Å². The summed E-state index contributed by atoms with van der Waals surface area (Å²) >= 11 is 1.65. The molecule has 0 aliphatic heterocycles. The van der Waals surface area contributed by atoms with Crippen molar-refractivity contribution in [3.05, 3.63) is 27.9 Å². The normalized spacial score (nSPS) is 11.0. The molecule has 1 heterocycles. The number of aromatic amines is 1. The van der Waals surface area contributed by atoms with Gasteiger partial charge in [0.1, 0.15) is 5.82 Å². The smallest absolute Gasteiger partial charge is 0.251 e. The molecule has 5 heteroatoms. The van der Waals surface area contributed by atoms with Crippen molar-refractivity contribution in [2.24, 2.45) is 5.92 Å². The Morgan fingerprint density at radius 1 is 1.56 bits per heavy atom. The van der Waals surface area contributed by atoms with Crippen LogP contribution >= 0.6 is 11.8 Å². The number of thioether (sulfide) groups is 1. The molecule has 0 atom stereocenters. The monoisotopic (exact) mass is 241 g/mol. The fraction of sp³-hybridized carbons (Fsp3) is 0.636. The number of nitrogens with zero attached hydrogens (tertiary/aromatic N) is 1. The molecular formula is C11H19N3OS. The van der Waals surface area contributed by atoms with Crippen molar-refractivity contribution in [1.29, 1.82) is 0 Å². The molecule has 90 valence electrons. The van der Waals surface area contributed by atoms with E-state index in [0.29, 0.717) is 12.5 Å². The molecule has 16 heavy (non-hydrogen) atoms. The second-order valence-electron chi connectivity index (χ2n) is 4.14. The first-order valence-electron chi connectivity index (χ1n) is 5.40. The van der Waals surface area contributed by atoms with Crippen LogP contribution in [-0.2, 0) is 12.3 Å². The Balaban J connectivity index is 2.61. The van der Waals surface area contributed by atoms with Crippen molar-refractivity contribution < 1.29 is 0 Å². The van der Waals surface area contributed by atoms with Gasteiger partial charge in [-0.05, 0) is 18.7 Å². The number of hydrogen-bond acceptors (Lipinski definition) is 4. The third-order valence-corrected chi connectivity index (χ3v) is 2.55. The van der Waals surface area contributed by atoms with E-state index in [-0.39, 0.29) is 5.56 Å². The Kier molecular flexibility index (Phi) is 5.55. The van der Waals surface area contributed by atoms with Crippen LogP contribution in [-0.4, -0.2) is 22.8 Å². The highest BCUT2D eigenvalue weighted by Crippen LogP contribution is 2.02. The molecule has 0 radical (unpaired) electrons. The number of H-pyrrole nitrogens is 1. The van der Waals surface area contributed by atoms with Gasteiger partial charge in [0.25, 0.3) is 5.56 Å². The molecule has 0 aromatic carbocycles. The van der Waals surface area contributed by atoms with Gasteiger partial charge in [0.2, 0.25) is 0 Å². The Labute approximate surface area is 100 Å². The van der Waals surface area contributed by atoms with Gasteiger partial charge in [0.15, 0.2) is 0 Å². The molecule has 0 bridgehead atoms. The minimum atomic E-state index is -0.0691. The molecule has 4 nitrogen and oxygen atoms in total. The molecule has 1 rings (SSSR count). The van der Waals surface area contributed by atoms with Crippen LogP contribution in [0.5, 0.6) is 0 Å². The summed E-state index contributed by atoms with van der Waals surface area (Å²) in [6.45, 7) is 5.89. The van der Waals surface area contributed by atoms with Crippen molar-refractivity contribution in [3.63, 3.8) is 0 Å². The van der Waals surface area contributed by atoms with Crippen molar-refractivity contribution in [3.8, 4) is 0 Å². The van der Waals surface area contributed by atoms with Gasteiger partial charge in [-0.2, -0.15) is 11.8 Å². The van der Waals surface area contributed by atoms with Crippen LogP contribution in [0.15, 0.2) is 10.9 Å². The van der Waals surface area contributed by atoms with Gasteiger partial charge in [0, 0.05) is 12.6 Å². The second kappa shape index (κ2) is 6.70. The largest absolute Gasteiger partial charge is 0.311 e. The average Bonchev–Trinajstić information content (AvgIpc) is 2.16. The van der Waals surface area contributed by atoms with Crippen LogP contribution in [0.4, 0.5) is 0 Å². The predicted octanol–water partition coefficient (Wildman–Crippen LogP) is 1.38. The quantitative estimate of drug-likeness (QED) is 0.790. The van der Waals surface area contributed by atoms with Crippen LogP contribution in [0.25, 0.3) is 0 Å². The zero-order chi connectivity index (χ0) is 12.0. The number of hydrogen-bond donors (Lipinski definition) is 2. The van der Waals surface area contributed by atoms with Gasteiger partial charge in [-0.25, -0.2) is 4.98 Å². The number of aromatic nitrogens is 2. The lowest BCUT2D eigenvalue weighted by molar-refractivity contribution is 0.547. The highest BCUT2D eigenvalue weighted by atomic mass is 32.2. The standard InChI is InChI=1S/C11H19N3OS/c1-8(2)5-12-6-9-4-11(15)14-10(13-9)7-16-3/h4,8,12H,5-7H2,1-3H3,(H,13,14,15). The van der Waals surface area contributed by atoms with Crippen LogP contribution < -0.4 is 10.9 Å². The van der Waals surface area contributed by atoms with E-state index in [1.807, 2.05) is 6.26 Å². The lowest BCUT2D eigenvalue weighted by Crippen LogP contribution is -2.22. The van der Waals surface area contributed by atoms with Crippen molar-refractivity contribution >= 4 is 11.8 Å². The summed E-state index contributed by atoms with van der Waals surface area (Å²) < 4.78 is 0. The first kappa shape index (κ1) is 13.3. The minimum absolute atomic E-state index is 0.0691. The maximum atomic E-state index is 11.4. The molecule has 0 fully saturated rings. The van der Waals surface area contributed by atoms with Gasteiger partial charge in [-0.3, -0.25) is 4.79 Å². The number of nitrogens with one attached hydrogen (secondary N) is 2. The summed E-state index contributed by atoms with van der Waals surface area (Å²) in [5.74, 6) is 2.10. The van der Waals surface area contributed by atoms with Gasteiger partial charge < -0.3 is 10.3 Å². The third kappa shape index (κ3) is 4.81. The minimum Gasteiger partial charge on any atom is -0.311 e. The molecule has 0 aliphatic carbocycles. The molecule has 1 aromatic heterocycles. The summed E-state index contributed by atoms with van der Waals surface area (Å²) in [7, 11) is 0. The van der Waals surface area contributed by atoms with Gasteiger partial charge in [0.05, 0.1) is 11.4 Å². The zero-order valence-electron chi connectivity index (χ0n) is 10.0. The molecule has 0 saturated carbocycles. The van der Waals surface area contributed by atoms with E-state index in [2.05, 4.69) is 29.1 Å². The summed E-state index contributed by atoms with van der Waals surface area (Å²) in [6.07, 6.45) is 1.99. The molecule has 0 unspecified atom stereocenters. The van der Waals surface area contributed by atoms with E-state index in [1.54, 1.807) is 17.8 Å². The van der Waals surface area contributed by atoms with Gasteiger partial charge in [-0.1, -0.05) is 13.8 Å². The van der Waals surface area contributed by atoms with E-state index in [4.69, 9.17) is 0 Å². The molecule has 0 saturated heterocycles. The van der Waals surface area contributed by atoms with Crippen LogP contribution in [0.3, 0.4) is 0 Å². The predicted molar refractivity (Wildman–Crippen MR) is 68.6 cm³/mol. The Hall–Kier alpha value is -0.810. The Morgan fingerprint density at radius 3 is 2.94 bits per heavy atom. The Morgan fingerprint density at radius 2 is 2.31 bits per heavy atom.